The second kappa shape index (κ2) is 29.2. The highest BCUT2D eigenvalue weighted by Gasteiger charge is 2.29. The number of hydrogen-bond donors (Lipinski definition) is 7. The molecule has 0 unspecified atom stereocenters. The first kappa shape index (κ1) is 56.5. The smallest absolute Gasteiger partial charge is 0.317 e. The Labute approximate surface area is 420 Å². The van der Waals surface area contributed by atoms with E-state index in [9.17, 15) is 63.3 Å². The number of amides is 5. The number of likely N-dealkylation sites (tertiary alicyclic amines) is 1. The van der Waals surface area contributed by atoms with Gasteiger partial charge in [0.15, 0.2) is 0 Å². The fourth-order valence-electron chi connectivity index (χ4n) is 8.35. The van der Waals surface area contributed by atoms with Crippen molar-refractivity contribution in [1.29, 1.82) is 5.26 Å². The molecule has 0 radical (unpaired) electrons. The molecule has 2 fully saturated rings. The van der Waals surface area contributed by atoms with Gasteiger partial charge in [0.05, 0.1) is 62.0 Å². The molecule has 394 valence electrons. The summed E-state index contributed by atoms with van der Waals surface area (Å²) >= 11 is 0. The lowest BCUT2D eigenvalue weighted by Gasteiger charge is -2.33. The number of nitrogens with zero attached hydrogens (tertiary/aromatic N) is 8. The molecule has 2 aliphatic rings. The topological polar surface area (TPSA) is 320 Å². The zero-order chi connectivity index (χ0) is 52.7. The van der Waals surface area contributed by atoms with E-state index in [1.54, 1.807) is 37.8 Å². The van der Waals surface area contributed by atoms with Crippen LogP contribution in [0.3, 0.4) is 0 Å². The molecule has 5 amide bonds. The Bertz CT molecular complexity index is 2410. The summed E-state index contributed by atoms with van der Waals surface area (Å²) in [6.07, 6.45) is 5.19. The number of halogens is 1. The Morgan fingerprint density at radius 1 is 0.726 bits per heavy atom. The lowest BCUT2D eigenvalue weighted by molar-refractivity contribution is -0.140. The molecule has 7 N–H and O–H groups in total. The number of carbonyl (C=O) groups is 8. The van der Waals surface area contributed by atoms with Gasteiger partial charge in [0.25, 0.3) is 11.8 Å². The van der Waals surface area contributed by atoms with Crippen LogP contribution in [0.2, 0.25) is 0 Å². The molecule has 2 atom stereocenters. The summed E-state index contributed by atoms with van der Waals surface area (Å²) in [5, 5.41) is 49.5. The maximum atomic E-state index is 13.8. The monoisotopic (exact) mass is 1020 g/mol. The number of benzene rings is 1. The number of carboxylic acid groups (broad SMARTS) is 3. The van der Waals surface area contributed by atoms with E-state index < -0.39 is 59.6 Å². The van der Waals surface area contributed by atoms with Gasteiger partial charge in [-0.25, -0.2) is 4.98 Å². The van der Waals surface area contributed by atoms with Gasteiger partial charge in [0.1, 0.15) is 17.8 Å². The summed E-state index contributed by atoms with van der Waals surface area (Å²) in [6, 6.07) is 9.48. The first-order chi connectivity index (χ1) is 35.1. The molecule has 1 aromatic carbocycles. The number of aromatic nitrogens is 2. The summed E-state index contributed by atoms with van der Waals surface area (Å²) in [5.41, 5.74) is 0.944. The van der Waals surface area contributed by atoms with E-state index in [0.717, 1.165) is 12.3 Å². The van der Waals surface area contributed by atoms with Crippen LogP contribution < -0.4 is 26.0 Å². The minimum Gasteiger partial charge on any atom is -0.494 e. The molecule has 0 spiro atoms. The standard InChI is InChI=1S/C48H63FN12O12/c49-40-10-7-33(27-54-40)46(70)52-12-2-1-6-39(56-41(62)29-57-16-18-58(30-43(64)65)20-22-60(32-45(68)69)23-21-59(19-17-57)31-44(66)67)48(72)53-13-4-24-73-35-8-9-38-37(25-35)36(11-14-51-38)47(71)55-28-42(63)61-15-3-5-34(61)26-50/h7-11,14,25,27,34,39H,1-6,12-13,15-24,28-32H2,(H,52,70)(H,53,72)(H,55,71)(H,56,62)(H,64,65)(H,66,67)(H,68,69)/t34-,39-/m0/s1. The second-order valence-electron chi connectivity index (χ2n) is 17.6. The molecule has 25 heteroatoms. The summed E-state index contributed by atoms with van der Waals surface area (Å²) in [4.78, 5) is 117. The van der Waals surface area contributed by atoms with Crippen LogP contribution in [0.5, 0.6) is 5.75 Å². The van der Waals surface area contributed by atoms with Gasteiger partial charge >= 0.3 is 17.9 Å². The highest BCUT2D eigenvalue weighted by molar-refractivity contribution is 6.07. The number of pyridine rings is 2. The summed E-state index contributed by atoms with van der Waals surface area (Å²) in [7, 11) is 0. The maximum absolute atomic E-state index is 13.8. The van der Waals surface area contributed by atoms with E-state index in [2.05, 4.69) is 37.3 Å². The van der Waals surface area contributed by atoms with Gasteiger partial charge in [-0.1, -0.05) is 0 Å². The van der Waals surface area contributed by atoms with Crippen LogP contribution >= 0.6 is 0 Å². The number of carboxylic acids is 3. The van der Waals surface area contributed by atoms with Crippen LogP contribution in [0, 0.1) is 17.3 Å². The van der Waals surface area contributed by atoms with Crippen LogP contribution in [0.15, 0.2) is 48.8 Å². The Kier molecular flexibility index (Phi) is 22.6. The number of carbonyl (C=O) groups excluding carboxylic acids is 5. The number of rotatable bonds is 24. The Balaban J connectivity index is 1.19. The van der Waals surface area contributed by atoms with E-state index in [1.807, 2.05) is 0 Å². The lowest BCUT2D eigenvalue weighted by atomic mass is 10.1. The van der Waals surface area contributed by atoms with Gasteiger partial charge in [-0.3, -0.25) is 62.9 Å². The predicted molar refractivity (Wildman–Crippen MR) is 259 cm³/mol. The van der Waals surface area contributed by atoms with E-state index in [1.165, 1.54) is 23.2 Å². The van der Waals surface area contributed by atoms with Crippen molar-refractivity contribution in [2.75, 3.05) is 111 Å². The normalized spacial score (nSPS) is 16.8. The van der Waals surface area contributed by atoms with Crippen LogP contribution in [0.4, 0.5) is 4.39 Å². The highest BCUT2D eigenvalue weighted by atomic mass is 19.1. The Morgan fingerprint density at radius 3 is 1.93 bits per heavy atom. The molecule has 73 heavy (non-hydrogen) atoms. The van der Waals surface area contributed by atoms with Crippen LogP contribution in [0.25, 0.3) is 10.9 Å². The molecule has 0 saturated carbocycles. The van der Waals surface area contributed by atoms with Crippen molar-refractivity contribution in [2.24, 2.45) is 0 Å². The minimum absolute atomic E-state index is 0.141. The number of fused-ring (bicyclic) bond motifs is 1. The number of aliphatic carboxylic acids is 3. The van der Waals surface area contributed by atoms with E-state index >= 15 is 0 Å². The largest absolute Gasteiger partial charge is 0.494 e. The molecule has 0 aliphatic carbocycles. The number of nitrogens with one attached hydrogen (secondary N) is 4. The van der Waals surface area contributed by atoms with Crippen molar-refractivity contribution in [2.45, 2.75) is 50.6 Å². The fourth-order valence-corrected chi connectivity index (χ4v) is 8.35. The average Bonchev–Trinajstić information content (AvgIpc) is 3.84. The van der Waals surface area contributed by atoms with Gasteiger partial charge in [0, 0.05) is 89.8 Å². The SMILES string of the molecule is N#C[C@@H]1CCCN1C(=O)CNC(=O)c1ccnc2ccc(OCCCNC(=O)[C@H](CCCCNC(=O)c3ccc(F)nc3)NC(=O)CN3CCN(CC(=O)O)CCN(CC(=O)O)CCN(CC(=O)O)CC3)cc12. The third-order valence-corrected chi connectivity index (χ3v) is 12.2. The molecule has 5 rings (SSSR count). The van der Waals surface area contributed by atoms with Gasteiger partial charge in [-0.05, 0) is 74.9 Å². The van der Waals surface area contributed by atoms with E-state index in [-0.39, 0.29) is 128 Å². The summed E-state index contributed by atoms with van der Waals surface area (Å²) in [6.45, 7) is 0.998. The van der Waals surface area contributed by atoms with Crippen LogP contribution in [-0.2, 0) is 28.8 Å². The molecule has 2 aliphatic heterocycles. The summed E-state index contributed by atoms with van der Waals surface area (Å²) < 4.78 is 19.2. The first-order valence-electron chi connectivity index (χ1n) is 24.1. The van der Waals surface area contributed by atoms with Crippen molar-refractivity contribution in [3.8, 4) is 11.8 Å². The molecule has 4 heterocycles. The number of nitriles is 1. The quantitative estimate of drug-likeness (QED) is 0.0438. The third-order valence-electron chi connectivity index (χ3n) is 12.2. The fraction of sp³-hybridized carbons (Fsp3) is 0.521. The van der Waals surface area contributed by atoms with Crippen molar-refractivity contribution >= 4 is 58.3 Å². The Hall–Kier alpha value is -7.40. The van der Waals surface area contributed by atoms with Gasteiger partial charge in [-0.15, -0.1) is 0 Å². The van der Waals surface area contributed by atoms with Crippen LogP contribution in [0.1, 0.15) is 59.2 Å². The van der Waals surface area contributed by atoms with Crippen molar-refractivity contribution in [3.05, 3.63) is 65.9 Å². The summed E-state index contributed by atoms with van der Waals surface area (Å²) in [5.74, 6) is -5.92. The molecule has 0 bridgehead atoms. The second-order valence-corrected chi connectivity index (χ2v) is 17.6. The number of unbranched alkanes of at least 4 members (excludes halogenated alkanes) is 1. The predicted octanol–water partition coefficient (Wildman–Crippen LogP) is -0.541. The van der Waals surface area contributed by atoms with Crippen molar-refractivity contribution < 1.29 is 62.8 Å². The van der Waals surface area contributed by atoms with Gasteiger partial charge in [0.2, 0.25) is 23.7 Å². The highest BCUT2D eigenvalue weighted by Crippen LogP contribution is 2.23. The van der Waals surface area contributed by atoms with Crippen molar-refractivity contribution in [1.82, 2.24) is 55.7 Å². The minimum atomic E-state index is -1.09. The maximum Gasteiger partial charge on any atom is 0.317 e. The van der Waals surface area contributed by atoms with Gasteiger partial charge < -0.3 is 46.2 Å². The van der Waals surface area contributed by atoms with Crippen molar-refractivity contribution in [3.63, 3.8) is 0 Å². The molecule has 3 aromatic rings. The van der Waals surface area contributed by atoms with E-state index in [4.69, 9.17) is 4.74 Å². The lowest BCUT2D eigenvalue weighted by Crippen LogP contribution is -2.52. The van der Waals surface area contributed by atoms with Crippen LogP contribution in [-0.4, -0.2) is 221 Å². The van der Waals surface area contributed by atoms with Gasteiger partial charge in [-0.2, -0.15) is 9.65 Å². The first-order valence-corrected chi connectivity index (χ1v) is 24.1. The zero-order valence-electron chi connectivity index (χ0n) is 40.5. The molecular formula is C48H63FN12O12. The number of hydrogen-bond acceptors (Lipinski definition) is 16. The molecule has 2 saturated heterocycles. The molecule has 2 aromatic heterocycles. The molecule has 24 nitrogen and oxygen atoms in total. The van der Waals surface area contributed by atoms with E-state index in [0.29, 0.717) is 55.3 Å². The average molecular weight is 1020 g/mol. The third kappa shape index (κ3) is 19.3. The molecular weight excluding hydrogens is 956 g/mol. The Morgan fingerprint density at radius 2 is 1.34 bits per heavy atom. The number of ether oxygens (including phenoxy) is 1. The zero-order valence-corrected chi connectivity index (χ0v) is 40.5.